The number of hydrogen-bond acceptors (Lipinski definition) is 3. The zero-order chi connectivity index (χ0) is 11.6. The van der Waals surface area contributed by atoms with E-state index in [2.05, 4.69) is 37.2 Å². The van der Waals surface area contributed by atoms with E-state index in [-0.39, 0.29) is 5.54 Å². The predicted octanol–water partition coefficient (Wildman–Crippen LogP) is 3.05. The zero-order valence-corrected chi connectivity index (χ0v) is 12.1. The Morgan fingerprint density at radius 2 is 2.13 bits per heavy atom. The fraction of sp³-hybridized carbons (Fsp3) is 0.600. The van der Waals surface area contributed by atoms with E-state index in [1.165, 1.54) is 0 Å². The van der Waals surface area contributed by atoms with Gasteiger partial charge in [-0.3, -0.25) is 0 Å². The first kappa shape index (κ1) is 13.2. The maximum Gasteiger partial charge on any atom is 0.183 e. The third-order valence-electron chi connectivity index (χ3n) is 2.46. The summed E-state index contributed by atoms with van der Waals surface area (Å²) in [7, 11) is 0. The SMILES string of the molecule is CC(O)C(C)(C)NCc1cc(Br)c(Br)o1. The van der Waals surface area contributed by atoms with Crippen molar-refractivity contribution < 1.29 is 9.52 Å². The minimum absolute atomic E-state index is 0.328. The second-order valence-corrected chi connectivity index (χ2v) is 5.66. The quantitative estimate of drug-likeness (QED) is 0.885. The lowest BCUT2D eigenvalue weighted by Gasteiger charge is -2.29. The van der Waals surface area contributed by atoms with Gasteiger partial charge in [0.15, 0.2) is 4.67 Å². The number of furan rings is 1. The van der Waals surface area contributed by atoms with Crippen molar-refractivity contribution in [2.45, 2.75) is 39.0 Å². The Balaban J connectivity index is 2.57. The van der Waals surface area contributed by atoms with E-state index in [0.29, 0.717) is 11.2 Å². The van der Waals surface area contributed by atoms with Crippen LogP contribution in [-0.4, -0.2) is 16.7 Å². The molecular weight excluding hydrogens is 326 g/mol. The summed E-state index contributed by atoms with van der Waals surface area (Å²) >= 11 is 6.62. The minimum atomic E-state index is -0.417. The average Bonchev–Trinajstić information content (AvgIpc) is 2.43. The Morgan fingerprint density at radius 1 is 1.53 bits per heavy atom. The van der Waals surface area contributed by atoms with E-state index in [0.717, 1.165) is 10.2 Å². The minimum Gasteiger partial charge on any atom is -0.452 e. The first-order valence-corrected chi connectivity index (χ1v) is 6.28. The van der Waals surface area contributed by atoms with Crippen LogP contribution in [0.5, 0.6) is 0 Å². The first-order valence-electron chi connectivity index (χ1n) is 4.69. The molecule has 5 heteroatoms. The van der Waals surface area contributed by atoms with Crippen molar-refractivity contribution in [1.29, 1.82) is 0 Å². The Hall–Kier alpha value is 0.160. The van der Waals surface area contributed by atoms with Gasteiger partial charge in [-0.25, -0.2) is 0 Å². The van der Waals surface area contributed by atoms with Crippen LogP contribution >= 0.6 is 31.9 Å². The van der Waals surface area contributed by atoms with E-state index in [9.17, 15) is 5.11 Å². The number of hydrogen-bond donors (Lipinski definition) is 2. The monoisotopic (exact) mass is 339 g/mol. The van der Waals surface area contributed by atoms with Crippen molar-refractivity contribution in [1.82, 2.24) is 5.32 Å². The molecule has 0 aromatic carbocycles. The number of halogens is 2. The molecule has 0 fully saturated rings. The van der Waals surface area contributed by atoms with Gasteiger partial charge >= 0.3 is 0 Å². The summed E-state index contributed by atoms with van der Waals surface area (Å²) in [5.41, 5.74) is -0.328. The first-order chi connectivity index (χ1) is 6.83. The van der Waals surface area contributed by atoms with Crippen molar-refractivity contribution in [3.05, 3.63) is 21.0 Å². The van der Waals surface area contributed by atoms with Crippen LogP contribution in [0.1, 0.15) is 26.5 Å². The second-order valence-electron chi connectivity index (χ2n) is 4.09. The summed E-state index contributed by atoms with van der Waals surface area (Å²) in [6.45, 7) is 6.25. The molecule has 0 aliphatic rings. The molecule has 1 rings (SSSR count). The van der Waals surface area contributed by atoms with Gasteiger partial charge in [0.1, 0.15) is 5.76 Å². The molecule has 0 amide bonds. The van der Waals surface area contributed by atoms with Crippen molar-refractivity contribution in [3.8, 4) is 0 Å². The normalized spacial score (nSPS) is 14.3. The molecule has 15 heavy (non-hydrogen) atoms. The Bertz CT molecular complexity index is 315. The average molecular weight is 341 g/mol. The van der Waals surface area contributed by atoms with Crippen molar-refractivity contribution in [3.63, 3.8) is 0 Å². The summed E-state index contributed by atoms with van der Waals surface area (Å²) in [6, 6.07) is 1.90. The fourth-order valence-electron chi connectivity index (χ4n) is 0.941. The summed E-state index contributed by atoms with van der Waals surface area (Å²) in [4.78, 5) is 0. The van der Waals surface area contributed by atoms with Crippen LogP contribution in [0, 0.1) is 0 Å². The lowest BCUT2D eigenvalue weighted by Crippen LogP contribution is -2.47. The molecule has 1 aromatic heterocycles. The molecule has 0 saturated heterocycles. The molecule has 0 spiro atoms. The third kappa shape index (κ3) is 3.59. The number of aliphatic hydroxyl groups is 1. The molecule has 2 N–H and O–H groups in total. The van der Waals surface area contributed by atoms with Crippen LogP contribution in [0.15, 0.2) is 19.6 Å². The van der Waals surface area contributed by atoms with Gasteiger partial charge in [-0.05, 0) is 58.7 Å². The number of aliphatic hydroxyl groups excluding tert-OH is 1. The van der Waals surface area contributed by atoms with Crippen molar-refractivity contribution >= 4 is 31.9 Å². The van der Waals surface area contributed by atoms with Crippen LogP contribution in [0.3, 0.4) is 0 Å². The van der Waals surface area contributed by atoms with Crippen LogP contribution < -0.4 is 5.32 Å². The molecule has 1 unspecified atom stereocenters. The molecule has 1 heterocycles. The smallest absolute Gasteiger partial charge is 0.183 e. The maximum atomic E-state index is 9.51. The van der Waals surface area contributed by atoms with Crippen molar-refractivity contribution in [2.24, 2.45) is 0 Å². The van der Waals surface area contributed by atoms with Gasteiger partial charge in [0.25, 0.3) is 0 Å². The topological polar surface area (TPSA) is 45.4 Å². The molecule has 3 nitrogen and oxygen atoms in total. The van der Waals surface area contributed by atoms with Gasteiger partial charge in [0, 0.05) is 5.54 Å². The summed E-state index contributed by atoms with van der Waals surface area (Å²) in [6.07, 6.45) is -0.417. The van der Waals surface area contributed by atoms with Gasteiger partial charge in [-0.2, -0.15) is 0 Å². The highest BCUT2D eigenvalue weighted by Gasteiger charge is 2.23. The molecule has 86 valence electrons. The fourth-order valence-corrected chi connectivity index (χ4v) is 1.60. The van der Waals surface area contributed by atoms with E-state index in [1.54, 1.807) is 6.92 Å². The second kappa shape index (κ2) is 4.99. The van der Waals surface area contributed by atoms with Gasteiger partial charge in [-0.15, -0.1) is 0 Å². The van der Waals surface area contributed by atoms with Gasteiger partial charge in [0.2, 0.25) is 0 Å². The summed E-state index contributed by atoms with van der Waals surface area (Å²) in [5.74, 6) is 0.822. The Morgan fingerprint density at radius 3 is 2.53 bits per heavy atom. The largest absolute Gasteiger partial charge is 0.452 e. The lowest BCUT2D eigenvalue weighted by molar-refractivity contribution is 0.0942. The third-order valence-corrected chi connectivity index (χ3v) is 4.17. The van der Waals surface area contributed by atoms with E-state index in [4.69, 9.17) is 4.42 Å². The zero-order valence-electron chi connectivity index (χ0n) is 8.97. The van der Waals surface area contributed by atoms with Gasteiger partial charge in [0.05, 0.1) is 17.1 Å². The van der Waals surface area contributed by atoms with Crippen LogP contribution in [-0.2, 0) is 6.54 Å². The van der Waals surface area contributed by atoms with Crippen LogP contribution in [0.2, 0.25) is 0 Å². The molecule has 0 aliphatic carbocycles. The Labute approximate surface area is 106 Å². The highest BCUT2D eigenvalue weighted by molar-refractivity contribution is 9.13. The van der Waals surface area contributed by atoms with Gasteiger partial charge < -0.3 is 14.8 Å². The number of nitrogens with one attached hydrogen (secondary N) is 1. The number of rotatable bonds is 4. The molecule has 0 aliphatic heterocycles. The van der Waals surface area contributed by atoms with E-state index >= 15 is 0 Å². The van der Waals surface area contributed by atoms with E-state index in [1.807, 2.05) is 19.9 Å². The standard InChI is InChI=1S/C10H15Br2NO2/c1-6(14)10(2,3)13-5-7-4-8(11)9(12)15-7/h4,6,13-14H,5H2,1-3H3. The molecule has 1 atom stereocenters. The van der Waals surface area contributed by atoms with E-state index < -0.39 is 6.10 Å². The highest BCUT2D eigenvalue weighted by Crippen LogP contribution is 2.26. The molecule has 0 saturated carbocycles. The van der Waals surface area contributed by atoms with Crippen LogP contribution in [0.25, 0.3) is 0 Å². The highest BCUT2D eigenvalue weighted by atomic mass is 79.9. The molecular formula is C10H15Br2NO2. The maximum absolute atomic E-state index is 9.51. The Kier molecular flexibility index (Phi) is 4.40. The summed E-state index contributed by atoms with van der Waals surface area (Å²) in [5, 5.41) is 12.7. The summed E-state index contributed by atoms with van der Waals surface area (Å²) < 4.78 is 7.00. The van der Waals surface area contributed by atoms with Crippen molar-refractivity contribution in [2.75, 3.05) is 0 Å². The van der Waals surface area contributed by atoms with Crippen LogP contribution in [0.4, 0.5) is 0 Å². The van der Waals surface area contributed by atoms with Gasteiger partial charge in [-0.1, -0.05) is 0 Å². The lowest BCUT2D eigenvalue weighted by atomic mass is 9.99. The molecule has 0 radical (unpaired) electrons. The molecule has 1 aromatic rings. The predicted molar refractivity (Wildman–Crippen MR) is 66.7 cm³/mol. The molecule has 0 bridgehead atoms.